The normalized spacial score (nSPS) is 12.6. The zero-order valence-corrected chi connectivity index (χ0v) is 24.8. The average molecular weight is 575 g/mol. The fourth-order valence-electron chi connectivity index (χ4n) is 7.14. The van der Waals surface area contributed by atoms with Crippen LogP contribution < -0.4 is 0 Å². The number of nitrogens with zero attached hydrogens (tertiary/aromatic N) is 2. The predicted octanol–water partition coefficient (Wildman–Crippen LogP) is 11.3. The van der Waals surface area contributed by atoms with Crippen molar-refractivity contribution in [3.63, 3.8) is 0 Å². The first-order chi connectivity index (χ1) is 22.3. The molecule has 0 amide bonds. The van der Waals surface area contributed by atoms with Crippen LogP contribution in [0.3, 0.4) is 0 Å². The van der Waals surface area contributed by atoms with E-state index in [4.69, 9.17) is 4.98 Å². The second kappa shape index (κ2) is 10.5. The van der Waals surface area contributed by atoms with E-state index in [1.807, 2.05) is 6.20 Å². The maximum absolute atomic E-state index is 4.99. The van der Waals surface area contributed by atoms with Crippen molar-refractivity contribution in [3.05, 3.63) is 163 Å². The minimum atomic E-state index is 0.978. The van der Waals surface area contributed by atoms with Gasteiger partial charge in [0.1, 0.15) is 0 Å². The van der Waals surface area contributed by atoms with Gasteiger partial charge in [-0.15, -0.1) is 0 Å². The van der Waals surface area contributed by atoms with Gasteiger partial charge in [-0.2, -0.15) is 0 Å². The Morgan fingerprint density at radius 2 is 1.16 bits per heavy atom. The molecule has 0 spiro atoms. The summed E-state index contributed by atoms with van der Waals surface area (Å²) >= 11 is 0. The van der Waals surface area contributed by atoms with Crippen molar-refractivity contribution < 1.29 is 0 Å². The Balaban J connectivity index is 1.11. The fourth-order valence-corrected chi connectivity index (χ4v) is 7.14. The molecule has 1 aliphatic rings. The van der Waals surface area contributed by atoms with E-state index in [0.717, 1.165) is 35.2 Å². The molecule has 0 fully saturated rings. The van der Waals surface area contributed by atoms with Crippen molar-refractivity contribution >= 4 is 38.4 Å². The molecule has 6 aromatic carbocycles. The third-order valence-corrected chi connectivity index (χ3v) is 9.29. The van der Waals surface area contributed by atoms with E-state index in [0.29, 0.717) is 0 Å². The number of aromatic nitrogens is 2. The fraction of sp³-hybridized carbons (Fsp3) is 0.0465. The van der Waals surface area contributed by atoms with Gasteiger partial charge in [-0.25, -0.2) is 0 Å². The zero-order chi connectivity index (χ0) is 29.7. The van der Waals surface area contributed by atoms with E-state index in [2.05, 4.69) is 156 Å². The molecule has 0 bridgehead atoms. The second-order valence-electron chi connectivity index (χ2n) is 11.9. The number of allylic oxidation sites excluding steroid dienone is 1. The summed E-state index contributed by atoms with van der Waals surface area (Å²) in [7, 11) is 0. The highest BCUT2D eigenvalue weighted by molar-refractivity contribution is 6.25. The first kappa shape index (κ1) is 25.7. The van der Waals surface area contributed by atoms with Crippen molar-refractivity contribution in [1.82, 2.24) is 9.55 Å². The number of fused-ring (bicyclic) bond motifs is 7. The van der Waals surface area contributed by atoms with Crippen LogP contribution in [0.1, 0.15) is 17.7 Å². The molecule has 45 heavy (non-hydrogen) atoms. The Hall–Kier alpha value is -5.73. The summed E-state index contributed by atoms with van der Waals surface area (Å²) in [6.45, 7) is 0. The molecule has 2 heteroatoms. The van der Waals surface area contributed by atoms with Crippen molar-refractivity contribution in [1.29, 1.82) is 0 Å². The summed E-state index contributed by atoms with van der Waals surface area (Å²) < 4.78 is 2.45. The summed E-state index contributed by atoms with van der Waals surface area (Å²) in [6, 6.07) is 50.5. The summed E-state index contributed by atoms with van der Waals surface area (Å²) in [4.78, 5) is 4.99. The standard InChI is InChI=1S/C43H30N2/c1-2-11-29(12-3-1)43-27-32-13-4-9-20-42(32)45(43)34-15-10-14-30(25-34)33-22-24-41(44-28-33)31-21-23-39-37-18-6-5-16-35(37)36-17-7-8-19-38(36)40(39)26-31/h1-8,10-19,21-28H,9,20H2. The van der Waals surface area contributed by atoms with Crippen LogP contribution in [0.25, 0.3) is 77.7 Å². The van der Waals surface area contributed by atoms with Gasteiger partial charge in [0.25, 0.3) is 0 Å². The van der Waals surface area contributed by atoms with Gasteiger partial charge in [0.15, 0.2) is 0 Å². The lowest BCUT2D eigenvalue weighted by molar-refractivity contribution is 0.878. The van der Waals surface area contributed by atoms with Gasteiger partial charge >= 0.3 is 0 Å². The van der Waals surface area contributed by atoms with Gasteiger partial charge < -0.3 is 4.57 Å². The molecule has 8 aromatic rings. The van der Waals surface area contributed by atoms with Gasteiger partial charge in [0, 0.05) is 28.7 Å². The average Bonchev–Trinajstić information content (AvgIpc) is 3.52. The molecule has 1 aliphatic carbocycles. The Morgan fingerprint density at radius 3 is 1.89 bits per heavy atom. The van der Waals surface area contributed by atoms with Gasteiger partial charge in [0.05, 0.1) is 11.4 Å². The third kappa shape index (κ3) is 4.29. The molecule has 0 aliphatic heterocycles. The summed E-state index contributed by atoms with van der Waals surface area (Å²) in [5.74, 6) is 0. The Labute approximate surface area is 262 Å². The van der Waals surface area contributed by atoms with Crippen LogP contribution in [0.2, 0.25) is 0 Å². The largest absolute Gasteiger partial charge is 0.313 e. The zero-order valence-electron chi connectivity index (χ0n) is 24.8. The molecule has 0 unspecified atom stereocenters. The maximum atomic E-state index is 4.99. The Kier molecular flexibility index (Phi) is 5.99. The topological polar surface area (TPSA) is 17.8 Å². The number of pyridine rings is 1. The molecule has 0 radical (unpaired) electrons. The van der Waals surface area contributed by atoms with Crippen molar-refractivity contribution in [2.75, 3.05) is 0 Å². The maximum Gasteiger partial charge on any atom is 0.0702 e. The van der Waals surface area contributed by atoms with Crippen molar-refractivity contribution in [2.24, 2.45) is 0 Å². The van der Waals surface area contributed by atoms with Gasteiger partial charge in [-0.3, -0.25) is 4.98 Å². The summed E-state index contributed by atoms with van der Waals surface area (Å²) in [5.41, 5.74) is 10.7. The van der Waals surface area contributed by atoms with Crippen LogP contribution in [0.4, 0.5) is 0 Å². The highest BCUT2D eigenvalue weighted by atomic mass is 15.0. The molecule has 2 heterocycles. The van der Waals surface area contributed by atoms with Crippen LogP contribution in [0, 0.1) is 0 Å². The van der Waals surface area contributed by atoms with E-state index in [1.54, 1.807) is 0 Å². The van der Waals surface area contributed by atoms with Gasteiger partial charge in [-0.05, 0) is 92.2 Å². The molecular weight excluding hydrogens is 544 g/mol. The Morgan fingerprint density at radius 1 is 0.489 bits per heavy atom. The highest BCUT2D eigenvalue weighted by Crippen LogP contribution is 2.38. The smallest absolute Gasteiger partial charge is 0.0702 e. The lowest BCUT2D eigenvalue weighted by atomic mass is 9.93. The summed E-state index contributed by atoms with van der Waals surface area (Å²) in [5, 5.41) is 7.69. The quantitative estimate of drug-likeness (QED) is 0.191. The van der Waals surface area contributed by atoms with E-state index in [1.165, 1.54) is 60.5 Å². The van der Waals surface area contributed by atoms with E-state index in [-0.39, 0.29) is 0 Å². The first-order valence-corrected chi connectivity index (χ1v) is 15.7. The second-order valence-corrected chi connectivity index (χ2v) is 11.9. The van der Waals surface area contributed by atoms with Crippen LogP contribution in [0.5, 0.6) is 0 Å². The van der Waals surface area contributed by atoms with Gasteiger partial charge in [-0.1, -0.05) is 121 Å². The monoisotopic (exact) mass is 574 g/mol. The number of rotatable bonds is 4. The van der Waals surface area contributed by atoms with Crippen molar-refractivity contribution in [3.8, 4) is 39.3 Å². The number of benzene rings is 6. The lowest BCUT2D eigenvalue weighted by Crippen LogP contribution is -2.04. The van der Waals surface area contributed by atoms with Crippen molar-refractivity contribution in [2.45, 2.75) is 12.8 Å². The third-order valence-electron chi connectivity index (χ3n) is 9.29. The minimum Gasteiger partial charge on any atom is -0.313 e. The Bertz CT molecular complexity index is 2380. The lowest BCUT2D eigenvalue weighted by Gasteiger charge is -2.17. The minimum absolute atomic E-state index is 0.978. The molecule has 2 nitrogen and oxygen atoms in total. The molecule has 9 rings (SSSR count). The van der Waals surface area contributed by atoms with Gasteiger partial charge in [0.2, 0.25) is 0 Å². The van der Waals surface area contributed by atoms with Crippen LogP contribution in [0.15, 0.2) is 152 Å². The molecule has 212 valence electrons. The summed E-state index contributed by atoms with van der Waals surface area (Å²) in [6.07, 6.45) is 8.67. The first-order valence-electron chi connectivity index (χ1n) is 15.7. The molecule has 2 aromatic heterocycles. The van der Waals surface area contributed by atoms with Crippen LogP contribution in [-0.4, -0.2) is 9.55 Å². The predicted molar refractivity (Wildman–Crippen MR) is 190 cm³/mol. The highest BCUT2D eigenvalue weighted by Gasteiger charge is 2.18. The van der Waals surface area contributed by atoms with E-state index < -0.39 is 0 Å². The molecule has 0 saturated heterocycles. The molecular formula is C43H30N2. The van der Waals surface area contributed by atoms with Crippen LogP contribution >= 0.6 is 0 Å². The van der Waals surface area contributed by atoms with E-state index in [9.17, 15) is 0 Å². The molecule has 0 N–H and O–H groups in total. The molecule has 0 saturated carbocycles. The number of hydrogen-bond acceptors (Lipinski definition) is 1. The molecule has 0 atom stereocenters. The van der Waals surface area contributed by atoms with Crippen LogP contribution in [-0.2, 0) is 6.42 Å². The number of hydrogen-bond donors (Lipinski definition) is 0. The van der Waals surface area contributed by atoms with E-state index >= 15 is 0 Å². The SMILES string of the molecule is C1=Cc2cc(-c3ccccc3)n(-c3cccc(-c4ccc(-c5ccc6c7ccccc7c7ccccc7c6c5)nc4)c3)c2CC1.